The summed E-state index contributed by atoms with van der Waals surface area (Å²) in [6.45, 7) is 5.61. The smallest absolute Gasteiger partial charge is 0.274 e. The van der Waals surface area contributed by atoms with E-state index in [1.54, 1.807) is 0 Å². The summed E-state index contributed by atoms with van der Waals surface area (Å²) >= 11 is 0. The molecule has 2 atom stereocenters. The van der Waals surface area contributed by atoms with Crippen molar-refractivity contribution in [3.8, 4) is 0 Å². The van der Waals surface area contributed by atoms with E-state index in [2.05, 4.69) is 15.3 Å². The number of ether oxygens (including phenoxy) is 1. The maximum Gasteiger partial charge on any atom is 0.274 e. The molecule has 0 bridgehead atoms. The van der Waals surface area contributed by atoms with E-state index in [0.717, 1.165) is 37.2 Å². The van der Waals surface area contributed by atoms with Crippen molar-refractivity contribution in [2.45, 2.75) is 38.9 Å². The van der Waals surface area contributed by atoms with Crippen LogP contribution in [-0.4, -0.2) is 50.0 Å². The number of nitrogens with zero attached hydrogens (tertiary/aromatic N) is 4. The van der Waals surface area contributed by atoms with Gasteiger partial charge in [-0.1, -0.05) is 0 Å². The molecule has 2 aromatic heterocycles. The zero-order valence-electron chi connectivity index (χ0n) is 14.3. The summed E-state index contributed by atoms with van der Waals surface area (Å²) in [4.78, 5) is 14.7. The van der Waals surface area contributed by atoms with Crippen LogP contribution in [0.2, 0.25) is 0 Å². The summed E-state index contributed by atoms with van der Waals surface area (Å²) in [5.74, 6) is 0.547. The molecule has 1 amide bonds. The predicted octanol–water partition coefficient (Wildman–Crippen LogP) is 1.48. The van der Waals surface area contributed by atoms with Crippen LogP contribution in [0.15, 0.2) is 12.4 Å². The number of hydrogen-bond acceptors (Lipinski definition) is 4. The number of rotatable bonds is 3. The molecule has 4 heterocycles. The number of aryl methyl sites for hydroxylation is 1. The van der Waals surface area contributed by atoms with Crippen LogP contribution in [0.1, 0.15) is 47.3 Å². The van der Waals surface area contributed by atoms with Crippen LogP contribution in [0, 0.1) is 5.92 Å². The van der Waals surface area contributed by atoms with Crippen molar-refractivity contribution in [1.29, 1.82) is 0 Å². The molecule has 1 fully saturated rings. The summed E-state index contributed by atoms with van der Waals surface area (Å²) in [5, 5.41) is 11.5. The summed E-state index contributed by atoms with van der Waals surface area (Å²) in [6, 6.07) is 0. The van der Waals surface area contributed by atoms with Gasteiger partial charge >= 0.3 is 0 Å². The molecule has 1 saturated heterocycles. The van der Waals surface area contributed by atoms with E-state index in [9.17, 15) is 4.79 Å². The molecule has 0 aromatic carbocycles. The third-order valence-electron chi connectivity index (χ3n) is 4.96. The monoisotopic (exact) mass is 329 g/mol. The second-order valence-corrected chi connectivity index (χ2v) is 7.06. The molecule has 0 spiro atoms. The number of likely N-dealkylation sites (tertiary alicyclic amines) is 1. The second kappa shape index (κ2) is 5.73. The van der Waals surface area contributed by atoms with Crippen molar-refractivity contribution >= 4 is 5.91 Å². The Hall–Kier alpha value is -2.15. The number of H-pyrrole nitrogens is 1. The Morgan fingerprint density at radius 1 is 1.42 bits per heavy atom. The molecule has 7 nitrogen and oxygen atoms in total. The summed E-state index contributed by atoms with van der Waals surface area (Å²) < 4.78 is 7.60. The summed E-state index contributed by atoms with van der Waals surface area (Å²) in [5.41, 5.74) is 3.78. The number of aromatic nitrogens is 4. The minimum atomic E-state index is -0.0347. The number of fused-ring (bicyclic) bond motifs is 1. The molecule has 2 aliphatic heterocycles. The first-order chi connectivity index (χ1) is 11.5. The van der Waals surface area contributed by atoms with Crippen LogP contribution < -0.4 is 0 Å². The van der Waals surface area contributed by atoms with Gasteiger partial charge in [-0.2, -0.15) is 10.2 Å². The fraction of sp³-hybridized carbons (Fsp3) is 0.588. The predicted molar refractivity (Wildman–Crippen MR) is 87.6 cm³/mol. The lowest BCUT2D eigenvalue weighted by molar-refractivity contribution is -0.00709. The van der Waals surface area contributed by atoms with E-state index in [1.165, 1.54) is 5.56 Å². The molecule has 7 heteroatoms. The highest BCUT2D eigenvalue weighted by molar-refractivity contribution is 5.94. The van der Waals surface area contributed by atoms with E-state index in [-0.39, 0.29) is 18.1 Å². The van der Waals surface area contributed by atoms with E-state index >= 15 is 0 Å². The number of aromatic amines is 1. The quantitative estimate of drug-likeness (QED) is 0.925. The average Bonchev–Trinajstić information content (AvgIpc) is 3.08. The number of carbonyl (C=O) groups is 1. The molecule has 2 aromatic rings. The second-order valence-electron chi connectivity index (χ2n) is 7.06. The standard InChI is InChI=1S/C17H23N5O2/c1-10-4-14-15(11(2)24-10)19-20-16(14)17(23)22-8-13(9-22)5-12-6-18-21(3)7-12/h6-7,10-11,13H,4-5,8-9H2,1-3H3,(H,19,20)/t10-,11+/m1/s1. The van der Waals surface area contributed by atoms with E-state index in [1.807, 2.05) is 42.9 Å². The largest absolute Gasteiger partial charge is 0.369 e. The minimum Gasteiger partial charge on any atom is -0.369 e. The molecule has 0 aliphatic carbocycles. The Labute approximate surface area is 141 Å². The van der Waals surface area contributed by atoms with Crippen molar-refractivity contribution in [1.82, 2.24) is 24.9 Å². The van der Waals surface area contributed by atoms with Crippen molar-refractivity contribution in [2.24, 2.45) is 13.0 Å². The Kier molecular flexibility index (Phi) is 3.68. The third kappa shape index (κ3) is 2.62. The third-order valence-corrected chi connectivity index (χ3v) is 4.96. The van der Waals surface area contributed by atoms with Crippen LogP contribution in [0.4, 0.5) is 0 Å². The Morgan fingerprint density at radius 3 is 2.92 bits per heavy atom. The fourth-order valence-electron chi connectivity index (χ4n) is 3.78. The first-order valence-electron chi connectivity index (χ1n) is 8.50. The van der Waals surface area contributed by atoms with Gasteiger partial charge in [-0.3, -0.25) is 14.6 Å². The fourth-order valence-corrected chi connectivity index (χ4v) is 3.78. The van der Waals surface area contributed by atoms with Crippen LogP contribution in [0.25, 0.3) is 0 Å². The number of carbonyl (C=O) groups excluding carboxylic acids is 1. The SMILES string of the molecule is C[C@@H]1Cc2c(C(=O)N3CC(Cc4cnn(C)c4)C3)n[nH]c2[C@H](C)O1. The molecular formula is C17H23N5O2. The minimum absolute atomic E-state index is 0.0347. The van der Waals surface area contributed by atoms with Gasteiger partial charge in [-0.05, 0) is 31.7 Å². The number of hydrogen-bond donors (Lipinski definition) is 1. The van der Waals surface area contributed by atoms with Gasteiger partial charge in [-0.15, -0.1) is 0 Å². The van der Waals surface area contributed by atoms with Gasteiger partial charge in [0, 0.05) is 38.3 Å². The molecule has 1 N–H and O–H groups in total. The lowest BCUT2D eigenvalue weighted by atomic mass is 9.92. The van der Waals surface area contributed by atoms with Crippen molar-refractivity contribution in [3.05, 3.63) is 34.9 Å². The molecule has 0 saturated carbocycles. The molecule has 24 heavy (non-hydrogen) atoms. The first kappa shape index (κ1) is 15.4. The van der Waals surface area contributed by atoms with E-state index in [4.69, 9.17) is 4.74 Å². The molecule has 128 valence electrons. The lowest BCUT2D eigenvalue weighted by Gasteiger charge is -2.39. The molecule has 4 rings (SSSR count). The van der Waals surface area contributed by atoms with E-state index < -0.39 is 0 Å². The van der Waals surface area contributed by atoms with Crippen LogP contribution >= 0.6 is 0 Å². The summed E-state index contributed by atoms with van der Waals surface area (Å²) in [7, 11) is 1.92. The molecule has 2 aliphatic rings. The van der Waals surface area contributed by atoms with Crippen molar-refractivity contribution in [2.75, 3.05) is 13.1 Å². The zero-order valence-corrected chi connectivity index (χ0v) is 14.3. The highest BCUT2D eigenvalue weighted by atomic mass is 16.5. The zero-order chi connectivity index (χ0) is 16.8. The van der Waals surface area contributed by atoms with Gasteiger partial charge in [0.15, 0.2) is 5.69 Å². The van der Waals surface area contributed by atoms with E-state index in [0.29, 0.717) is 11.6 Å². The van der Waals surface area contributed by atoms with Crippen molar-refractivity contribution in [3.63, 3.8) is 0 Å². The number of nitrogens with one attached hydrogen (secondary N) is 1. The normalized spacial score (nSPS) is 23.9. The van der Waals surface area contributed by atoms with Gasteiger partial charge in [-0.25, -0.2) is 0 Å². The molecular weight excluding hydrogens is 306 g/mol. The van der Waals surface area contributed by atoms with Gasteiger partial charge in [0.2, 0.25) is 0 Å². The number of amides is 1. The van der Waals surface area contributed by atoms with Gasteiger partial charge < -0.3 is 9.64 Å². The topological polar surface area (TPSA) is 76.0 Å². The molecule has 0 radical (unpaired) electrons. The lowest BCUT2D eigenvalue weighted by Crippen LogP contribution is -2.51. The highest BCUT2D eigenvalue weighted by Gasteiger charge is 2.36. The van der Waals surface area contributed by atoms with Crippen LogP contribution in [0.3, 0.4) is 0 Å². The molecule has 0 unspecified atom stereocenters. The van der Waals surface area contributed by atoms with Crippen LogP contribution in [-0.2, 0) is 24.6 Å². The maximum atomic E-state index is 12.8. The van der Waals surface area contributed by atoms with Crippen LogP contribution in [0.5, 0.6) is 0 Å². The highest BCUT2D eigenvalue weighted by Crippen LogP contribution is 2.31. The van der Waals surface area contributed by atoms with Gasteiger partial charge in [0.1, 0.15) is 0 Å². The Morgan fingerprint density at radius 2 is 2.21 bits per heavy atom. The summed E-state index contributed by atoms with van der Waals surface area (Å²) in [6.07, 6.45) is 5.73. The maximum absolute atomic E-state index is 12.8. The Bertz CT molecular complexity index is 759. The van der Waals surface area contributed by atoms with Crippen molar-refractivity contribution < 1.29 is 9.53 Å². The van der Waals surface area contributed by atoms with Gasteiger partial charge in [0.05, 0.1) is 24.1 Å². The first-order valence-corrected chi connectivity index (χ1v) is 8.50. The average molecular weight is 329 g/mol. The Balaban J connectivity index is 1.41. The van der Waals surface area contributed by atoms with Gasteiger partial charge in [0.25, 0.3) is 5.91 Å².